The van der Waals surface area contributed by atoms with Crippen LogP contribution in [-0.4, -0.2) is 11.5 Å². The molecule has 2 N–H and O–H groups in total. The second kappa shape index (κ2) is 6.05. The Hall–Kier alpha value is -1.29. The van der Waals surface area contributed by atoms with Crippen LogP contribution in [0.5, 0.6) is 11.5 Å². The molecule has 2 rings (SSSR count). The lowest BCUT2D eigenvalue weighted by molar-refractivity contribution is 0.479. The highest BCUT2D eigenvalue weighted by Gasteiger charge is 2.05. The number of benzene rings is 1. The van der Waals surface area contributed by atoms with E-state index in [2.05, 4.69) is 4.98 Å². The Balaban J connectivity index is 2.22. The molecule has 18 heavy (non-hydrogen) atoms. The largest absolute Gasteiger partial charge is 0.454 e. The quantitative estimate of drug-likeness (QED) is 0.931. The Morgan fingerprint density at radius 3 is 2.78 bits per heavy atom. The average molecular weight is 283 g/mol. The topological polar surface area (TPSA) is 48.1 Å². The normalized spacial score (nSPS) is 10.4. The predicted molar refractivity (Wildman–Crippen MR) is 73.5 cm³/mol. The summed E-state index contributed by atoms with van der Waals surface area (Å²) in [6.07, 6.45) is 4.14. The van der Waals surface area contributed by atoms with Crippen LogP contribution in [-0.2, 0) is 6.42 Å². The summed E-state index contributed by atoms with van der Waals surface area (Å²) in [5, 5.41) is 1.07. The van der Waals surface area contributed by atoms with Gasteiger partial charge in [-0.15, -0.1) is 0 Å². The molecule has 0 fully saturated rings. The molecule has 2 aromatic rings. The maximum Gasteiger partial charge on any atom is 0.147 e. The van der Waals surface area contributed by atoms with E-state index in [-0.39, 0.29) is 0 Å². The van der Waals surface area contributed by atoms with Crippen LogP contribution in [0, 0.1) is 0 Å². The van der Waals surface area contributed by atoms with Crippen LogP contribution in [0.3, 0.4) is 0 Å². The number of rotatable bonds is 4. The van der Waals surface area contributed by atoms with E-state index in [1.165, 1.54) is 0 Å². The van der Waals surface area contributed by atoms with Crippen molar-refractivity contribution < 1.29 is 4.74 Å². The zero-order valence-corrected chi connectivity index (χ0v) is 11.1. The molecule has 94 valence electrons. The average Bonchev–Trinajstić information content (AvgIpc) is 2.35. The van der Waals surface area contributed by atoms with Crippen molar-refractivity contribution in [3.05, 3.63) is 52.3 Å². The van der Waals surface area contributed by atoms with Gasteiger partial charge < -0.3 is 10.5 Å². The Morgan fingerprint density at radius 2 is 2.00 bits per heavy atom. The maximum atomic E-state index is 6.02. The molecule has 0 unspecified atom stereocenters. The second-order valence-electron chi connectivity index (χ2n) is 3.74. The molecule has 1 aromatic carbocycles. The number of aromatic nitrogens is 1. The van der Waals surface area contributed by atoms with Gasteiger partial charge in [0, 0.05) is 17.3 Å². The van der Waals surface area contributed by atoms with Crippen molar-refractivity contribution in [2.45, 2.75) is 6.42 Å². The lowest BCUT2D eigenvalue weighted by Gasteiger charge is -2.08. The Bertz CT molecular complexity index is 546. The summed E-state index contributed by atoms with van der Waals surface area (Å²) >= 11 is 11.9. The fourth-order valence-corrected chi connectivity index (χ4v) is 1.82. The van der Waals surface area contributed by atoms with Gasteiger partial charge in [-0.3, -0.25) is 4.98 Å². The van der Waals surface area contributed by atoms with E-state index >= 15 is 0 Å². The number of hydrogen-bond acceptors (Lipinski definition) is 3. The molecule has 0 spiro atoms. The van der Waals surface area contributed by atoms with Gasteiger partial charge in [0.15, 0.2) is 0 Å². The standard InChI is InChI=1S/C13H12Cl2N2O/c14-10-1-2-12(15)13(6-10)18-11-5-9(3-4-16)7-17-8-11/h1-2,5-8H,3-4,16H2. The molecule has 0 atom stereocenters. The first-order valence-corrected chi connectivity index (χ1v) is 6.21. The highest BCUT2D eigenvalue weighted by molar-refractivity contribution is 6.34. The van der Waals surface area contributed by atoms with Crippen molar-refractivity contribution in [1.29, 1.82) is 0 Å². The van der Waals surface area contributed by atoms with Crippen molar-refractivity contribution >= 4 is 23.2 Å². The van der Waals surface area contributed by atoms with Gasteiger partial charge in [-0.25, -0.2) is 0 Å². The van der Waals surface area contributed by atoms with Crippen LogP contribution >= 0.6 is 23.2 Å². The molecule has 1 heterocycles. The first-order chi connectivity index (χ1) is 8.69. The Morgan fingerprint density at radius 1 is 1.17 bits per heavy atom. The SMILES string of the molecule is NCCc1cncc(Oc2cc(Cl)ccc2Cl)c1. The van der Waals surface area contributed by atoms with Crippen LogP contribution in [0.1, 0.15) is 5.56 Å². The van der Waals surface area contributed by atoms with Crippen LogP contribution in [0.15, 0.2) is 36.7 Å². The predicted octanol–water partition coefficient (Wildman–Crippen LogP) is 3.68. The fraction of sp³-hybridized carbons (Fsp3) is 0.154. The molecule has 0 aliphatic carbocycles. The molecule has 0 saturated heterocycles. The number of pyridine rings is 1. The summed E-state index contributed by atoms with van der Waals surface area (Å²) in [7, 11) is 0. The molecule has 0 radical (unpaired) electrons. The molecule has 5 heteroatoms. The summed E-state index contributed by atoms with van der Waals surface area (Å²) < 4.78 is 5.66. The summed E-state index contributed by atoms with van der Waals surface area (Å²) in [6, 6.07) is 6.95. The summed E-state index contributed by atoms with van der Waals surface area (Å²) in [4.78, 5) is 4.09. The van der Waals surface area contributed by atoms with Crippen molar-refractivity contribution in [1.82, 2.24) is 4.98 Å². The highest BCUT2D eigenvalue weighted by atomic mass is 35.5. The van der Waals surface area contributed by atoms with E-state index in [1.807, 2.05) is 6.07 Å². The Kier molecular flexibility index (Phi) is 4.42. The van der Waals surface area contributed by atoms with Gasteiger partial charge in [0.2, 0.25) is 0 Å². The fourth-order valence-electron chi connectivity index (χ4n) is 1.51. The van der Waals surface area contributed by atoms with Gasteiger partial charge in [0.25, 0.3) is 0 Å². The van der Waals surface area contributed by atoms with E-state index in [1.54, 1.807) is 30.6 Å². The third-order valence-corrected chi connectivity index (χ3v) is 2.87. The first kappa shape index (κ1) is 13.1. The molecular formula is C13H12Cl2N2O. The number of nitrogens with zero attached hydrogens (tertiary/aromatic N) is 1. The second-order valence-corrected chi connectivity index (χ2v) is 4.59. The summed E-state index contributed by atoms with van der Waals surface area (Å²) in [5.74, 6) is 1.13. The first-order valence-electron chi connectivity index (χ1n) is 5.46. The minimum Gasteiger partial charge on any atom is -0.454 e. The number of hydrogen-bond donors (Lipinski definition) is 1. The third kappa shape index (κ3) is 3.35. The van der Waals surface area contributed by atoms with Gasteiger partial charge in [-0.1, -0.05) is 23.2 Å². The van der Waals surface area contributed by atoms with Crippen LogP contribution in [0.4, 0.5) is 0 Å². The van der Waals surface area contributed by atoms with Crippen molar-refractivity contribution in [2.75, 3.05) is 6.54 Å². The molecule has 0 amide bonds. The molecule has 3 nitrogen and oxygen atoms in total. The molecule has 0 bridgehead atoms. The van der Waals surface area contributed by atoms with Gasteiger partial charge in [0.1, 0.15) is 11.5 Å². The maximum absolute atomic E-state index is 6.02. The smallest absolute Gasteiger partial charge is 0.147 e. The van der Waals surface area contributed by atoms with Gasteiger partial charge >= 0.3 is 0 Å². The van der Waals surface area contributed by atoms with Gasteiger partial charge in [-0.05, 0) is 36.7 Å². The van der Waals surface area contributed by atoms with E-state index in [0.717, 1.165) is 12.0 Å². The van der Waals surface area contributed by atoms with Gasteiger partial charge in [0.05, 0.1) is 11.2 Å². The molecular weight excluding hydrogens is 271 g/mol. The summed E-state index contributed by atoms with van der Waals surface area (Å²) in [6.45, 7) is 0.572. The number of halogens is 2. The van der Waals surface area contributed by atoms with Crippen LogP contribution in [0.2, 0.25) is 10.0 Å². The zero-order chi connectivity index (χ0) is 13.0. The molecule has 1 aromatic heterocycles. The number of ether oxygens (including phenoxy) is 1. The molecule has 0 aliphatic heterocycles. The molecule has 0 saturated carbocycles. The van der Waals surface area contributed by atoms with E-state index in [4.69, 9.17) is 33.7 Å². The zero-order valence-electron chi connectivity index (χ0n) is 9.57. The van der Waals surface area contributed by atoms with Crippen LogP contribution < -0.4 is 10.5 Å². The van der Waals surface area contributed by atoms with E-state index in [0.29, 0.717) is 28.1 Å². The van der Waals surface area contributed by atoms with Crippen molar-refractivity contribution in [3.8, 4) is 11.5 Å². The number of nitrogens with two attached hydrogens (primary N) is 1. The monoisotopic (exact) mass is 282 g/mol. The summed E-state index contributed by atoms with van der Waals surface area (Å²) in [5.41, 5.74) is 6.52. The minimum absolute atomic E-state index is 0.503. The van der Waals surface area contributed by atoms with E-state index in [9.17, 15) is 0 Å². The highest BCUT2D eigenvalue weighted by Crippen LogP contribution is 2.31. The Labute approximate surface area is 115 Å². The van der Waals surface area contributed by atoms with Crippen molar-refractivity contribution in [3.63, 3.8) is 0 Å². The lowest BCUT2D eigenvalue weighted by Crippen LogP contribution is -2.03. The third-order valence-electron chi connectivity index (χ3n) is 2.32. The molecule has 0 aliphatic rings. The van der Waals surface area contributed by atoms with E-state index < -0.39 is 0 Å². The lowest BCUT2D eigenvalue weighted by atomic mass is 10.2. The minimum atomic E-state index is 0.503. The van der Waals surface area contributed by atoms with Crippen LogP contribution in [0.25, 0.3) is 0 Å². The van der Waals surface area contributed by atoms with Crippen molar-refractivity contribution in [2.24, 2.45) is 5.73 Å². The van der Waals surface area contributed by atoms with Gasteiger partial charge in [-0.2, -0.15) is 0 Å².